The van der Waals surface area contributed by atoms with E-state index in [0.29, 0.717) is 11.4 Å². The van der Waals surface area contributed by atoms with E-state index in [1.807, 2.05) is 0 Å². The summed E-state index contributed by atoms with van der Waals surface area (Å²) < 4.78 is 0. The smallest absolute Gasteiger partial charge is 0.203 e. The number of fused-ring (bicyclic) bond motifs is 1. The molecule has 1 heterocycles. The van der Waals surface area contributed by atoms with Gasteiger partial charge >= 0.3 is 0 Å². The summed E-state index contributed by atoms with van der Waals surface area (Å²) in [6, 6.07) is 0. The molecule has 0 fully saturated rings. The lowest BCUT2D eigenvalue weighted by atomic mass is 10.1. The Balaban J connectivity index is 2.51. The largest absolute Gasteiger partial charge is 0.396 e. The van der Waals surface area contributed by atoms with Crippen molar-refractivity contribution in [1.29, 1.82) is 0 Å². The summed E-state index contributed by atoms with van der Waals surface area (Å²) in [5.41, 5.74) is 6.85. The third-order valence-corrected chi connectivity index (χ3v) is 1.50. The Bertz CT molecular complexity index is 347. The van der Waals surface area contributed by atoms with E-state index in [-0.39, 0.29) is 11.5 Å². The minimum atomic E-state index is -0.196. The van der Waals surface area contributed by atoms with Crippen molar-refractivity contribution < 1.29 is 4.79 Å². The van der Waals surface area contributed by atoms with Crippen LogP contribution in [-0.4, -0.2) is 17.8 Å². The molecule has 0 radical (unpaired) electrons. The zero-order valence-corrected chi connectivity index (χ0v) is 5.61. The first kappa shape index (κ1) is 6.03. The molecule has 4 nitrogen and oxygen atoms in total. The van der Waals surface area contributed by atoms with Crippen LogP contribution in [-0.2, 0) is 4.79 Å². The highest BCUT2D eigenvalue weighted by molar-refractivity contribution is 6.24. The molecule has 0 spiro atoms. The van der Waals surface area contributed by atoms with Crippen molar-refractivity contribution in [2.45, 2.75) is 0 Å². The summed E-state index contributed by atoms with van der Waals surface area (Å²) >= 11 is 0. The zero-order chi connectivity index (χ0) is 7.84. The summed E-state index contributed by atoms with van der Waals surface area (Å²) in [5, 5.41) is 0. The van der Waals surface area contributed by atoms with E-state index < -0.39 is 0 Å². The number of hydrogen-bond acceptors (Lipinski definition) is 4. The maximum Gasteiger partial charge on any atom is 0.203 e. The number of nitrogens with two attached hydrogens (primary N) is 1. The van der Waals surface area contributed by atoms with Gasteiger partial charge in [-0.1, -0.05) is 0 Å². The topological polar surface area (TPSA) is 67.8 Å². The lowest BCUT2D eigenvalue weighted by molar-refractivity contribution is -0.111. The van der Waals surface area contributed by atoms with Crippen LogP contribution in [0.4, 0.5) is 0 Å². The molecule has 1 aliphatic carbocycles. The standard InChI is InChI=1S/C7H5N3O/c8-4-1-5-6(2-7(4)11)10-3-9-5/h1-3H,8H2. The second kappa shape index (κ2) is 1.88. The Kier molecular flexibility index (Phi) is 1.03. The fourth-order valence-electron chi connectivity index (χ4n) is 0.934. The first-order chi connectivity index (χ1) is 5.27. The number of aliphatic imine (C=N–C) groups is 2. The maximum atomic E-state index is 10.9. The monoisotopic (exact) mass is 147 g/mol. The molecule has 0 aromatic rings. The van der Waals surface area contributed by atoms with Gasteiger partial charge in [-0.2, -0.15) is 0 Å². The molecule has 0 atom stereocenters. The predicted molar refractivity (Wildman–Crippen MR) is 41.3 cm³/mol. The zero-order valence-electron chi connectivity index (χ0n) is 5.61. The van der Waals surface area contributed by atoms with Gasteiger partial charge in [0.15, 0.2) is 0 Å². The van der Waals surface area contributed by atoms with Gasteiger partial charge in [-0.05, 0) is 6.08 Å². The summed E-state index contributed by atoms with van der Waals surface area (Å²) in [6.07, 6.45) is 4.33. The van der Waals surface area contributed by atoms with E-state index in [1.165, 1.54) is 18.5 Å². The third kappa shape index (κ3) is 0.797. The molecule has 11 heavy (non-hydrogen) atoms. The molecule has 4 heteroatoms. The Labute approximate surface area is 62.8 Å². The van der Waals surface area contributed by atoms with Crippen LogP contribution < -0.4 is 5.73 Å². The van der Waals surface area contributed by atoms with Crippen molar-refractivity contribution in [1.82, 2.24) is 0 Å². The normalized spacial score (nSPS) is 20.7. The second-order valence-electron chi connectivity index (χ2n) is 2.25. The van der Waals surface area contributed by atoms with E-state index in [9.17, 15) is 4.79 Å². The maximum absolute atomic E-state index is 10.9. The van der Waals surface area contributed by atoms with Gasteiger partial charge in [-0.25, -0.2) is 9.98 Å². The van der Waals surface area contributed by atoms with Crippen LogP contribution >= 0.6 is 0 Å². The molecular weight excluding hydrogens is 142 g/mol. The second-order valence-corrected chi connectivity index (χ2v) is 2.25. The number of allylic oxidation sites excluding steroid dienone is 2. The van der Waals surface area contributed by atoms with E-state index >= 15 is 0 Å². The molecule has 2 N–H and O–H groups in total. The molecule has 1 aliphatic heterocycles. The quantitative estimate of drug-likeness (QED) is 0.481. The minimum Gasteiger partial charge on any atom is -0.396 e. The Morgan fingerprint density at radius 2 is 2.18 bits per heavy atom. The van der Waals surface area contributed by atoms with Crippen molar-refractivity contribution in [3.8, 4) is 0 Å². The Morgan fingerprint density at radius 1 is 1.36 bits per heavy atom. The van der Waals surface area contributed by atoms with Gasteiger partial charge < -0.3 is 5.73 Å². The first-order valence-electron chi connectivity index (χ1n) is 3.11. The van der Waals surface area contributed by atoms with Crippen molar-refractivity contribution in [3.05, 3.63) is 23.5 Å². The number of hydrogen-bond donors (Lipinski definition) is 1. The number of rotatable bonds is 0. The van der Waals surface area contributed by atoms with Crippen LogP contribution in [0.25, 0.3) is 0 Å². The number of ketones is 1. The molecule has 0 bridgehead atoms. The Hall–Kier alpha value is -1.71. The van der Waals surface area contributed by atoms with Gasteiger partial charge in [0.1, 0.15) is 6.34 Å². The Morgan fingerprint density at radius 3 is 3.00 bits per heavy atom. The van der Waals surface area contributed by atoms with Gasteiger partial charge in [0.25, 0.3) is 0 Å². The highest BCUT2D eigenvalue weighted by Gasteiger charge is 2.17. The van der Waals surface area contributed by atoms with Gasteiger partial charge in [-0.3, -0.25) is 4.79 Å². The molecule has 2 rings (SSSR count). The minimum absolute atomic E-state index is 0.196. The molecule has 54 valence electrons. The van der Waals surface area contributed by atoms with Crippen LogP contribution in [0, 0.1) is 0 Å². The lowest BCUT2D eigenvalue weighted by Gasteiger charge is -2.03. The SMILES string of the molecule is NC1=CC2=NC=NC2=CC1=O. The summed E-state index contributed by atoms with van der Waals surface area (Å²) in [4.78, 5) is 18.7. The highest BCUT2D eigenvalue weighted by Crippen LogP contribution is 2.13. The molecule has 0 aromatic heterocycles. The van der Waals surface area contributed by atoms with Gasteiger partial charge in [0, 0.05) is 6.08 Å². The predicted octanol–water partition coefficient (Wildman–Crippen LogP) is -0.222. The molecule has 0 unspecified atom stereocenters. The van der Waals surface area contributed by atoms with Crippen LogP contribution in [0.3, 0.4) is 0 Å². The first-order valence-corrected chi connectivity index (χ1v) is 3.11. The van der Waals surface area contributed by atoms with E-state index in [1.54, 1.807) is 0 Å². The van der Waals surface area contributed by atoms with Gasteiger partial charge in [-0.15, -0.1) is 0 Å². The fourth-order valence-corrected chi connectivity index (χ4v) is 0.934. The van der Waals surface area contributed by atoms with Crippen LogP contribution in [0.15, 0.2) is 33.5 Å². The average molecular weight is 147 g/mol. The number of nitrogens with zero attached hydrogens (tertiary/aromatic N) is 2. The lowest BCUT2D eigenvalue weighted by Crippen LogP contribution is -2.16. The molecule has 0 amide bonds. The van der Waals surface area contributed by atoms with Crippen molar-refractivity contribution >= 4 is 17.8 Å². The summed E-state index contributed by atoms with van der Waals surface area (Å²) in [6.45, 7) is 0. The van der Waals surface area contributed by atoms with E-state index in [2.05, 4.69) is 9.98 Å². The van der Waals surface area contributed by atoms with Crippen LogP contribution in [0.5, 0.6) is 0 Å². The molecule has 0 aromatic carbocycles. The van der Waals surface area contributed by atoms with Crippen LogP contribution in [0.2, 0.25) is 0 Å². The molecular formula is C7H5N3O. The van der Waals surface area contributed by atoms with Gasteiger partial charge in [0.2, 0.25) is 5.78 Å². The number of carbonyl (C=O) groups is 1. The van der Waals surface area contributed by atoms with Gasteiger partial charge in [0.05, 0.1) is 17.1 Å². The molecule has 0 saturated carbocycles. The van der Waals surface area contributed by atoms with Crippen molar-refractivity contribution in [2.24, 2.45) is 15.7 Å². The van der Waals surface area contributed by atoms with E-state index in [4.69, 9.17) is 5.73 Å². The average Bonchev–Trinajstić information content (AvgIpc) is 2.36. The molecule has 2 aliphatic rings. The van der Waals surface area contributed by atoms with Crippen molar-refractivity contribution in [2.75, 3.05) is 0 Å². The third-order valence-electron chi connectivity index (χ3n) is 1.50. The van der Waals surface area contributed by atoms with E-state index in [0.717, 1.165) is 0 Å². The fraction of sp³-hybridized carbons (Fsp3) is 0. The highest BCUT2D eigenvalue weighted by atomic mass is 16.1. The number of carbonyl (C=O) groups excluding carboxylic acids is 1. The molecule has 0 saturated heterocycles. The van der Waals surface area contributed by atoms with Crippen LogP contribution in [0.1, 0.15) is 0 Å². The summed E-state index contributed by atoms with van der Waals surface area (Å²) in [5.74, 6) is -0.196. The van der Waals surface area contributed by atoms with Crippen molar-refractivity contribution in [3.63, 3.8) is 0 Å². The summed E-state index contributed by atoms with van der Waals surface area (Å²) in [7, 11) is 0.